The van der Waals surface area contributed by atoms with Gasteiger partial charge in [0.1, 0.15) is 0 Å². The molecule has 1 N–H and O–H groups in total. The molecule has 0 amide bonds. The maximum Gasteiger partial charge on any atom is 0.457 e. The van der Waals surface area contributed by atoms with E-state index >= 15 is 0 Å². The van der Waals surface area contributed by atoms with Crippen LogP contribution in [0.3, 0.4) is 0 Å². The van der Waals surface area contributed by atoms with Crippen molar-refractivity contribution in [3.8, 4) is 5.88 Å². The number of aromatic amines is 1. The van der Waals surface area contributed by atoms with Gasteiger partial charge in [0.15, 0.2) is 0 Å². The molecule has 7 heteroatoms. The molecule has 1 aliphatic heterocycles. The van der Waals surface area contributed by atoms with Crippen molar-refractivity contribution < 1.29 is 18.3 Å². The van der Waals surface area contributed by atoms with Crippen LogP contribution in [-0.2, 0) is 13.6 Å². The Morgan fingerprint density at radius 2 is 2.16 bits per heavy atom. The van der Waals surface area contributed by atoms with E-state index in [1.807, 2.05) is 38.1 Å². The molecule has 1 aliphatic rings. The first-order chi connectivity index (χ1) is 9.22. The van der Waals surface area contributed by atoms with Crippen molar-refractivity contribution in [1.29, 1.82) is 0 Å². The van der Waals surface area contributed by atoms with E-state index < -0.39 is 7.94 Å². The van der Waals surface area contributed by atoms with E-state index in [0.29, 0.717) is 12.5 Å². The summed E-state index contributed by atoms with van der Waals surface area (Å²) in [6.45, 7) is 4.27. The van der Waals surface area contributed by atoms with Crippen molar-refractivity contribution in [2.24, 2.45) is 0 Å². The first kappa shape index (κ1) is 12.8. The van der Waals surface area contributed by atoms with Crippen LogP contribution in [0.15, 0.2) is 24.3 Å². The maximum atomic E-state index is 5.70. The molecule has 1 aromatic carbocycles. The molecule has 3 rings (SSSR count). The molecule has 2 heterocycles. The van der Waals surface area contributed by atoms with Gasteiger partial charge in [0, 0.05) is 0 Å². The SMILES string of the molecule is CCO[P+]1(COc2n[nH]c3ccccc23)OC(C)O1. The largest absolute Gasteiger partial charge is 0.457 e. The van der Waals surface area contributed by atoms with Crippen molar-refractivity contribution in [2.45, 2.75) is 20.1 Å². The topological polar surface area (TPSA) is 65.6 Å². The van der Waals surface area contributed by atoms with Gasteiger partial charge in [-0.25, -0.2) is 0 Å². The molecule has 19 heavy (non-hydrogen) atoms. The second kappa shape index (κ2) is 5.06. The number of ether oxygens (including phenoxy) is 1. The highest BCUT2D eigenvalue weighted by atomic mass is 31.2. The third-order valence-corrected chi connectivity index (χ3v) is 5.07. The minimum Gasteiger partial charge on any atom is -0.432 e. The van der Waals surface area contributed by atoms with Crippen LogP contribution in [0.5, 0.6) is 5.88 Å². The third kappa shape index (κ3) is 2.44. The molecule has 1 fully saturated rings. The van der Waals surface area contributed by atoms with Gasteiger partial charge in [0.2, 0.25) is 5.88 Å². The lowest BCUT2D eigenvalue weighted by Crippen LogP contribution is -2.31. The van der Waals surface area contributed by atoms with Gasteiger partial charge >= 0.3 is 7.94 Å². The molecule has 0 spiro atoms. The first-order valence-electron chi connectivity index (χ1n) is 6.18. The Balaban J connectivity index is 1.71. The van der Waals surface area contributed by atoms with E-state index in [2.05, 4.69) is 10.2 Å². The van der Waals surface area contributed by atoms with Crippen molar-refractivity contribution in [3.63, 3.8) is 0 Å². The molecule has 2 aromatic rings. The van der Waals surface area contributed by atoms with Gasteiger partial charge in [-0.2, -0.15) is 4.52 Å². The van der Waals surface area contributed by atoms with Crippen LogP contribution in [0, 0.1) is 0 Å². The Bertz CT molecular complexity index is 562. The highest BCUT2D eigenvalue weighted by Gasteiger charge is 2.60. The fourth-order valence-corrected chi connectivity index (χ4v) is 3.92. The van der Waals surface area contributed by atoms with Crippen LogP contribution in [0.1, 0.15) is 13.8 Å². The second-order valence-corrected chi connectivity index (χ2v) is 6.31. The number of H-pyrrole nitrogens is 1. The van der Waals surface area contributed by atoms with Crippen LogP contribution < -0.4 is 4.74 Å². The number of fused-ring (bicyclic) bond motifs is 1. The molecular weight excluding hydrogens is 267 g/mol. The summed E-state index contributed by atoms with van der Waals surface area (Å²) in [6.07, 6.45) is 0.0273. The molecule has 0 bridgehead atoms. The molecule has 1 aromatic heterocycles. The highest BCUT2D eigenvalue weighted by molar-refractivity contribution is 7.62. The molecule has 0 aliphatic carbocycles. The van der Waals surface area contributed by atoms with Gasteiger partial charge in [-0.3, -0.25) is 5.10 Å². The monoisotopic (exact) mass is 283 g/mol. The lowest BCUT2D eigenvalue weighted by molar-refractivity contribution is -0.109. The van der Waals surface area contributed by atoms with Gasteiger partial charge in [0.25, 0.3) is 12.6 Å². The van der Waals surface area contributed by atoms with Crippen molar-refractivity contribution >= 4 is 18.8 Å². The molecule has 0 unspecified atom stereocenters. The Labute approximate surface area is 111 Å². The molecule has 6 nitrogen and oxygen atoms in total. The quantitative estimate of drug-likeness (QED) is 0.854. The summed E-state index contributed by atoms with van der Waals surface area (Å²) in [5.41, 5.74) is 0.935. The van der Waals surface area contributed by atoms with E-state index in [-0.39, 0.29) is 12.6 Å². The summed E-state index contributed by atoms with van der Waals surface area (Å²) < 4.78 is 22.4. The van der Waals surface area contributed by atoms with E-state index in [0.717, 1.165) is 10.9 Å². The average Bonchev–Trinajstić information content (AvgIpc) is 2.78. The zero-order chi connectivity index (χ0) is 13.3. The number of aromatic nitrogens is 2. The number of para-hydroxylation sites is 1. The maximum absolute atomic E-state index is 5.70. The van der Waals surface area contributed by atoms with E-state index in [4.69, 9.17) is 18.3 Å². The van der Waals surface area contributed by atoms with Crippen LogP contribution in [-0.4, -0.2) is 29.4 Å². The van der Waals surface area contributed by atoms with Gasteiger partial charge < -0.3 is 4.74 Å². The van der Waals surface area contributed by atoms with Crippen LogP contribution in [0.25, 0.3) is 10.9 Å². The smallest absolute Gasteiger partial charge is 0.432 e. The van der Waals surface area contributed by atoms with Crippen LogP contribution in [0.2, 0.25) is 0 Å². The number of nitrogens with one attached hydrogen (secondary N) is 1. The Morgan fingerprint density at radius 3 is 2.89 bits per heavy atom. The molecule has 0 atom stereocenters. The predicted octanol–water partition coefficient (Wildman–Crippen LogP) is 3.09. The Morgan fingerprint density at radius 1 is 1.37 bits per heavy atom. The fourth-order valence-electron chi connectivity index (χ4n) is 2.00. The molecule has 102 valence electrons. The van der Waals surface area contributed by atoms with Crippen molar-refractivity contribution in [1.82, 2.24) is 10.2 Å². The summed E-state index contributed by atoms with van der Waals surface area (Å²) in [5.74, 6) is 0.543. The Hall–Kier alpha value is -1.20. The Kier molecular flexibility index (Phi) is 3.41. The third-order valence-electron chi connectivity index (χ3n) is 2.74. The second-order valence-electron chi connectivity index (χ2n) is 4.15. The summed E-state index contributed by atoms with van der Waals surface area (Å²) in [5, 5.41) is 7.99. The van der Waals surface area contributed by atoms with E-state index in [1.165, 1.54) is 0 Å². The number of hydrogen-bond donors (Lipinski definition) is 1. The highest BCUT2D eigenvalue weighted by Crippen LogP contribution is 2.70. The van der Waals surface area contributed by atoms with Crippen molar-refractivity contribution in [2.75, 3.05) is 13.0 Å². The van der Waals surface area contributed by atoms with E-state index in [9.17, 15) is 0 Å². The minimum absolute atomic E-state index is 0.223. The van der Waals surface area contributed by atoms with Gasteiger partial charge in [-0.15, -0.1) is 14.1 Å². The van der Waals surface area contributed by atoms with Crippen LogP contribution in [0.4, 0.5) is 0 Å². The lowest BCUT2D eigenvalue weighted by Gasteiger charge is -2.31. The summed E-state index contributed by atoms with van der Waals surface area (Å²) >= 11 is 0. The van der Waals surface area contributed by atoms with E-state index in [1.54, 1.807) is 0 Å². The standard InChI is InChI=1S/C12H16N2O4P/c1-3-16-19(17-9(2)18-19)8-15-12-10-6-4-5-7-11(10)13-14-12/h4-7,9H,3,8H2,1-2H3,(H,13,14)/q+1. The molecular formula is C12H16N2O4P+. The fraction of sp³-hybridized carbons (Fsp3) is 0.417. The van der Waals surface area contributed by atoms with Crippen LogP contribution >= 0.6 is 7.94 Å². The normalized spacial score (nSPS) is 26.3. The number of nitrogens with zero attached hydrogens (tertiary/aromatic N) is 1. The summed E-state index contributed by atoms with van der Waals surface area (Å²) in [7, 11) is -2.32. The zero-order valence-corrected chi connectivity index (χ0v) is 11.7. The average molecular weight is 283 g/mol. The summed E-state index contributed by atoms with van der Waals surface area (Å²) in [6, 6.07) is 7.78. The van der Waals surface area contributed by atoms with Gasteiger partial charge in [-0.1, -0.05) is 12.1 Å². The number of benzene rings is 1. The first-order valence-corrected chi connectivity index (χ1v) is 7.90. The molecule has 0 saturated carbocycles. The number of hydrogen-bond acceptors (Lipinski definition) is 5. The lowest BCUT2D eigenvalue weighted by atomic mass is 10.2. The zero-order valence-electron chi connectivity index (χ0n) is 10.8. The molecule has 1 saturated heterocycles. The predicted molar refractivity (Wildman–Crippen MR) is 71.8 cm³/mol. The summed E-state index contributed by atoms with van der Waals surface area (Å²) in [4.78, 5) is 0. The van der Waals surface area contributed by atoms with Gasteiger partial charge in [0.05, 0.1) is 17.5 Å². The minimum atomic E-state index is -2.32. The van der Waals surface area contributed by atoms with Gasteiger partial charge in [-0.05, 0) is 26.0 Å². The van der Waals surface area contributed by atoms with Crippen molar-refractivity contribution in [3.05, 3.63) is 24.3 Å². The molecule has 0 radical (unpaired) electrons. The number of rotatable bonds is 5.